The van der Waals surface area contributed by atoms with E-state index >= 15 is 0 Å². The first kappa shape index (κ1) is 22.1. The van der Waals surface area contributed by atoms with E-state index in [4.69, 9.17) is 14.0 Å². The van der Waals surface area contributed by atoms with Crippen molar-refractivity contribution in [2.75, 3.05) is 12.4 Å². The Hall–Kier alpha value is -3.62. The Morgan fingerprint density at radius 3 is 2.48 bits per heavy atom. The molecule has 31 heavy (non-hydrogen) atoms. The zero-order chi connectivity index (χ0) is 22.4. The summed E-state index contributed by atoms with van der Waals surface area (Å²) in [6.45, 7) is 1.01. The summed E-state index contributed by atoms with van der Waals surface area (Å²) in [6.07, 6.45) is 0.0984. The number of carbonyl (C=O) groups excluding carboxylic acids is 1. The van der Waals surface area contributed by atoms with Gasteiger partial charge < -0.3 is 24.1 Å². The van der Waals surface area contributed by atoms with Gasteiger partial charge in [-0.05, 0) is 43.7 Å². The highest BCUT2D eigenvalue weighted by atomic mass is 19.3. The van der Waals surface area contributed by atoms with Crippen LogP contribution in [-0.2, 0) is 17.8 Å². The molecule has 1 N–H and O–H groups in total. The highest BCUT2D eigenvalue weighted by Gasteiger charge is 2.13. The summed E-state index contributed by atoms with van der Waals surface area (Å²) >= 11 is 0. The van der Waals surface area contributed by atoms with Gasteiger partial charge in [0.25, 0.3) is 0 Å². The number of methoxy groups -OCH3 is 1. The lowest BCUT2D eigenvalue weighted by Gasteiger charge is -2.12. The molecule has 1 aromatic heterocycles. The van der Waals surface area contributed by atoms with E-state index in [1.807, 2.05) is 13.8 Å². The lowest BCUT2D eigenvalue weighted by molar-refractivity contribution is -0.115. The molecular weight excluding hydrogens is 410 g/mol. The number of aryl methyl sites for hydroxylation is 2. The highest BCUT2D eigenvalue weighted by molar-refractivity contribution is 5.92. The van der Waals surface area contributed by atoms with E-state index in [0.29, 0.717) is 23.8 Å². The second-order valence-electron chi connectivity index (χ2n) is 6.70. The third kappa shape index (κ3) is 5.94. The fourth-order valence-corrected chi connectivity index (χ4v) is 2.90. The molecule has 0 aliphatic rings. The maximum atomic E-state index is 12.5. The number of halogens is 2. The van der Waals surface area contributed by atoms with Crippen molar-refractivity contribution in [1.82, 2.24) is 5.16 Å². The summed E-state index contributed by atoms with van der Waals surface area (Å²) in [7, 11) is 1.34. The van der Waals surface area contributed by atoms with E-state index in [0.717, 1.165) is 16.8 Å². The van der Waals surface area contributed by atoms with Crippen LogP contribution in [0.2, 0.25) is 0 Å². The minimum Gasteiger partial charge on any atom is -0.493 e. The van der Waals surface area contributed by atoms with Crippen molar-refractivity contribution < 1.29 is 32.3 Å². The standard InChI is InChI=1S/C22H22F2N2O5/c1-13-18(14(2)31-26-13)12-29-17-7-4-15(5-8-17)10-21(27)25-16-6-9-19(28-3)20(11-16)30-22(23)24/h4-9,11,22H,10,12H2,1-3H3,(H,25,27). The molecule has 0 bridgehead atoms. The van der Waals surface area contributed by atoms with Gasteiger partial charge in [-0.25, -0.2) is 0 Å². The van der Waals surface area contributed by atoms with Crippen LogP contribution in [0.1, 0.15) is 22.6 Å². The monoisotopic (exact) mass is 432 g/mol. The number of rotatable bonds is 9. The van der Waals surface area contributed by atoms with Crippen LogP contribution in [0.15, 0.2) is 47.0 Å². The van der Waals surface area contributed by atoms with Gasteiger partial charge >= 0.3 is 6.61 Å². The Morgan fingerprint density at radius 2 is 1.87 bits per heavy atom. The van der Waals surface area contributed by atoms with E-state index in [-0.39, 0.29) is 23.8 Å². The van der Waals surface area contributed by atoms with Crippen LogP contribution in [-0.4, -0.2) is 24.8 Å². The van der Waals surface area contributed by atoms with Crippen molar-refractivity contribution in [3.63, 3.8) is 0 Å². The van der Waals surface area contributed by atoms with Gasteiger partial charge in [0, 0.05) is 11.8 Å². The Bertz CT molecular complexity index is 1020. The van der Waals surface area contributed by atoms with Gasteiger partial charge in [0.1, 0.15) is 18.1 Å². The van der Waals surface area contributed by atoms with Crippen molar-refractivity contribution in [2.24, 2.45) is 0 Å². The van der Waals surface area contributed by atoms with Crippen LogP contribution < -0.4 is 19.5 Å². The van der Waals surface area contributed by atoms with E-state index in [1.165, 1.54) is 19.2 Å². The second kappa shape index (κ2) is 9.92. The lowest BCUT2D eigenvalue weighted by atomic mass is 10.1. The lowest BCUT2D eigenvalue weighted by Crippen LogP contribution is -2.14. The van der Waals surface area contributed by atoms with Gasteiger partial charge in [-0.1, -0.05) is 17.3 Å². The number of amides is 1. The maximum absolute atomic E-state index is 12.5. The number of aromatic nitrogens is 1. The fourth-order valence-electron chi connectivity index (χ4n) is 2.90. The number of nitrogens with one attached hydrogen (secondary N) is 1. The molecule has 1 heterocycles. The second-order valence-corrected chi connectivity index (χ2v) is 6.70. The topological polar surface area (TPSA) is 82.8 Å². The minimum absolute atomic E-state index is 0.0984. The Morgan fingerprint density at radius 1 is 1.13 bits per heavy atom. The highest BCUT2D eigenvalue weighted by Crippen LogP contribution is 2.31. The molecule has 3 aromatic rings. The van der Waals surface area contributed by atoms with E-state index in [9.17, 15) is 13.6 Å². The smallest absolute Gasteiger partial charge is 0.387 e. The molecule has 7 nitrogen and oxygen atoms in total. The molecular formula is C22H22F2N2O5. The number of benzene rings is 2. The van der Waals surface area contributed by atoms with Gasteiger partial charge in [0.05, 0.1) is 24.8 Å². The predicted molar refractivity (Wildman–Crippen MR) is 109 cm³/mol. The largest absolute Gasteiger partial charge is 0.493 e. The van der Waals surface area contributed by atoms with Gasteiger partial charge in [-0.2, -0.15) is 8.78 Å². The zero-order valence-electron chi connectivity index (χ0n) is 17.3. The first-order valence-electron chi connectivity index (χ1n) is 9.42. The number of alkyl halides is 2. The van der Waals surface area contributed by atoms with Gasteiger partial charge in [0.15, 0.2) is 11.5 Å². The first-order valence-corrected chi connectivity index (χ1v) is 9.42. The SMILES string of the molecule is COc1ccc(NC(=O)Cc2ccc(OCc3c(C)noc3C)cc2)cc1OC(F)F. The minimum atomic E-state index is -3.00. The molecule has 1 amide bonds. The summed E-state index contributed by atoms with van der Waals surface area (Å²) in [6, 6.07) is 11.4. The molecule has 0 unspecified atom stereocenters. The van der Waals surface area contributed by atoms with E-state index in [1.54, 1.807) is 30.3 Å². The van der Waals surface area contributed by atoms with Gasteiger partial charge in [0.2, 0.25) is 5.91 Å². The first-order chi connectivity index (χ1) is 14.9. The molecule has 164 valence electrons. The van der Waals surface area contributed by atoms with Crippen LogP contribution in [0.5, 0.6) is 17.2 Å². The number of hydrogen-bond donors (Lipinski definition) is 1. The molecule has 0 spiro atoms. The van der Waals surface area contributed by atoms with Crippen molar-refractivity contribution in [1.29, 1.82) is 0 Å². The molecule has 0 atom stereocenters. The molecule has 0 radical (unpaired) electrons. The van der Waals surface area contributed by atoms with E-state index < -0.39 is 6.61 Å². The molecule has 0 aliphatic carbocycles. The summed E-state index contributed by atoms with van der Waals surface area (Å²) in [5, 5.41) is 6.55. The van der Waals surface area contributed by atoms with Crippen molar-refractivity contribution >= 4 is 11.6 Å². The van der Waals surface area contributed by atoms with Crippen LogP contribution >= 0.6 is 0 Å². The number of carbonyl (C=O) groups is 1. The summed E-state index contributed by atoms with van der Waals surface area (Å²) in [5.41, 5.74) is 2.77. The molecule has 9 heteroatoms. The Balaban J connectivity index is 1.57. The van der Waals surface area contributed by atoms with Gasteiger partial charge in [-0.3, -0.25) is 4.79 Å². The average molecular weight is 432 g/mol. The molecule has 0 saturated heterocycles. The number of anilines is 1. The zero-order valence-corrected chi connectivity index (χ0v) is 17.3. The molecule has 3 rings (SSSR count). The third-order valence-electron chi connectivity index (χ3n) is 4.52. The van der Waals surface area contributed by atoms with Gasteiger partial charge in [-0.15, -0.1) is 0 Å². The van der Waals surface area contributed by atoms with Crippen molar-refractivity contribution in [2.45, 2.75) is 33.5 Å². The average Bonchev–Trinajstić information content (AvgIpc) is 3.05. The quantitative estimate of drug-likeness (QED) is 0.530. The third-order valence-corrected chi connectivity index (χ3v) is 4.52. The molecule has 0 saturated carbocycles. The predicted octanol–water partition coefficient (Wildman–Crippen LogP) is 4.66. The Kier molecular flexibility index (Phi) is 7.07. The van der Waals surface area contributed by atoms with Crippen LogP contribution in [0, 0.1) is 13.8 Å². The van der Waals surface area contributed by atoms with Crippen LogP contribution in [0.3, 0.4) is 0 Å². The summed E-state index contributed by atoms with van der Waals surface area (Å²) < 4.78 is 45.3. The molecule has 2 aromatic carbocycles. The Labute approximate surface area is 177 Å². The van der Waals surface area contributed by atoms with Crippen molar-refractivity contribution in [3.05, 3.63) is 65.0 Å². The molecule has 0 aliphatic heterocycles. The normalized spacial score (nSPS) is 10.8. The molecule has 0 fully saturated rings. The number of hydrogen-bond acceptors (Lipinski definition) is 6. The van der Waals surface area contributed by atoms with Crippen molar-refractivity contribution in [3.8, 4) is 17.2 Å². The fraction of sp³-hybridized carbons (Fsp3) is 0.273. The number of ether oxygens (including phenoxy) is 3. The van der Waals surface area contributed by atoms with Crippen LogP contribution in [0.25, 0.3) is 0 Å². The maximum Gasteiger partial charge on any atom is 0.387 e. The number of nitrogens with zero attached hydrogens (tertiary/aromatic N) is 1. The summed E-state index contributed by atoms with van der Waals surface area (Å²) in [4.78, 5) is 12.3. The van der Waals surface area contributed by atoms with E-state index in [2.05, 4.69) is 15.2 Å². The van der Waals surface area contributed by atoms with Crippen LogP contribution in [0.4, 0.5) is 14.5 Å². The summed E-state index contributed by atoms with van der Waals surface area (Å²) in [5.74, 6) is 1.04.